The molecule has 110 valence electrons. The summed E-state index contributed by atoms with van der Waals surface area (Å²) in [6.45, 7) is 8.31. The molecular weight excluding hydrogens is 274 g/mol. The van der Waals surface area contributed by atoms with Gasteiger partial charge in [0, 0.05) is 11.1 Å². The highest BCUT2D eigenvalue weighted by Crippen LogP contribution is 2.30. The molecule has 6 heteroatoms. The van der Waals surface area contributed by atoms with Crippen LogP contribution >= 0.6 is 11.3 Å². The lowest BCUT2D eigenvalue weighted by Crippen LogP contribution is -2.66. The third kappa shape index (κ3) is 2.85. The van der Waals surface area contributed by atoms with Crippen molar-refractivity contribution in [3.8, 4) is 0 Å². The van der Waals surface area contributed by atoms with Gasteiger partial charge >= 0.3 is 0 Å². The number of aromatic nitrogens is 1. The molecule has 0 bridgehead atoms. The number of piperazine rings is 1. The molecule has 1 aliphatic rings. The Labute approximate surface area is 123 Å². The van der Waals surface area contributed by atoms with Crippen LogP contribution in [0.1, 0.15) is 39.0 Å². The number of nitrogens with zero attached hydrogens (tertiary/aromatic N) is 2. The Hall–Kier alpha value is -1.43. The molecule has 1 aliphatic heterocycles. The highest BCUT2D eigenvalue weighted by Gasteiger charge is 2.45. The third-order valence-electron chi connectivity index (χ3n) is 3.50. The summed E-state index contributed by atoms with van der Waals surface area (Å²) in [6.07, 6.45) is 2.37. The van der Waals surface area contributed by atoms with Gasteiger partial charge in [-0.25, -0.2) is 0 Å². The maximum absolute atomic E-state index is 12.6. The summed E-state index contributed by atoms with van der Waals surface area (Å²) in [7, 11) is 0. The highest BCUT2D eigenvalue weighted by molar-refractivity contribution is 7.09. The van der Waals surface area contributed by atoms with Gasteiger partial charge in [-0.1, -0.05) is 27.7 Å². The number of thiazole rings is 1. The summed E-state index contributed by atoms with van der Waals surface area (Å²) in [5.74, 6) is -0.0612. The zero-order valence-electron chi connectivity index (χ0n) is 12.3. The fourth-order valence-corrected chi connectivity index (χ4v) is 3.17. The van der Waals surface area contributed by atoms with E-state index in [1.807, 2.05) is 27.7 Å². The first-order valence-corrected chi connectivity index (χ1v) is 7.70. The minimum atomic E-state index is -0.445. The number of amides is 2. The van der Waals surface area contributed by atoms with Crippen LogP contribution in [0.2, 0.25) is 0 Å². The summed E-state index contributed by atoms with van der Waals surface area (Å²) >= 11 is 1.50. The number of hydrogen-bond acceptors (Lipinski definition) is 4. The normalized spacial score (nSPS) is 23.9. The first kappa shape index (κ1) is 15.0. The molecule has 1 aromatic heterocycles. The van der Waals surface area contributed by atoms with E-state index in [2.05, 4.69) is 10.3 Å². The molecule has 2 heterocycles. The van der Waals surface area contributed by atoms with Crippen LogP contribution in [0.4, 0.5) is 0 Å². The maximum Gasteiger partial charge on any atom is 0.246 e. The van der Waals surface area contributed by atoms with Gasteiger partial charge in [0.15, 0.2) is 0 Å². The van der Waals surface area contributed by atoms with E-state index >= 15 is 0 Å². The molecule has 1 saturated heterocycles. The van der Waals surface area contributed by atoms with E-state index in [4.69, 9.17) is 0 Å². The minimum absolute atomic E-state index is 0.000394. The molecule has 0 aromatic carbocycles. The standard InChI is InChI=1S/C14H21N3O2S/c1-5-10-13(19)17(7-9-6-15-8-20-9)11(12(18)16-10)14(2,3)4/h6,8,10-11H,5,7H2,1-4H3,(H,16,18). The lowest BCUT2D eigenvalue weighted by atomic mass is 9.83. The van der Waals surface area contributed by atoms with Gasteiger partial charge in [-0.05, 0) is 11.8 Å². The fraction of sp³-hybridized carbons (Fsp3) is 0.643. The maximum atomic E-state index is 12.6. The van der Waals surface area contributed by atoms with Gasteiger partial charge in [0.2, 0.25) is 11.8 Å². The van der Waals surface area contributed by atoms with Crippen LogP contribution in [-0.4, -0.2) is 33.8 Å². The van der Waals surface area contributed by atoms with E-state index in [9.17, 15) is 9.59 Å². The predicted molar refractivity (Wildman–Crippen MR) is 78.1 cm³/mol. The van der Waals surface area contributed by atoms with Crippen LogP contribution in [0.15, 0.2) is 11.7 Å². The van der Waals surface area contributed by atoms with Crippen LogP contribution in [0, 0.1) is 5.41 Å². The van der Waals surface area contributed by atoms with Gasteiger partial charge < -0.3 is 10.2 Å². The molecule has 0 aliphatic carbocycles. The number of hydrogen-bond donors (Lipinski definition) is 1. The van der Waals surface area contributed by atoms with Gasteiger partial charge in [0.1, 0.15) is 12.1 Å². The molecule has 0 saturated carbocycles. The van der Waals surface area contributed by atoms with Crippen molar-refractivity contribution in [3.05, 3.63) is 16.6 Å². The molecule has 5 nitrogen and oxygen atoms in total. The zero-order chi connectivity index (χ0) is 14.9. The monoisotopic (exact) mass is 295 g/mol. The molecule has 0 spiro atoms. The fourth-order valence-electron chi connectivity index (χ4n) is 2.58. The van der Waals surface area contributed by atoms with Crippen LogP contribution < -0.4 is 5.32 Å². The van der Waals surface area contributed by atoms with E-state index in [1.165, 1.54) is 11.3 Å². The van der Waals surface area contributed by atoms with Crippen molar-refractivity contribution in [2.75, 3.05) is 0 Å². The van der Waals surface area contributed by atoms with E-state index in [0.29, 0.717) is 13.0 Å². The highest BCUT2D eigenvalue weighted by atomic mass is 32.1. The van der Waals surface area contributed by atoms with Gasteiger partial charge in [-0.2, -0.15) is 0 Å². The Bertz CT molecular complexity index is 493. The summed E-state index contributed by atoms with van der Waals surface area (Å²) in [5.41, 5.74) is 1.44. The van der Waals surface area contributed by atoms with Crippen molar-refractivity contribution in [2.24, 2.45) is 5.41 Å². The first-order chi connectivity index (χ1) is 9.34. The molecule has 2 atom stereocenters. The second kappa shape index (κ2) is 5.52. The Morgan fingerprint density at radius 1 is 1.40 bits per heavy atom. The average molecular weight is 295 g/mol. The lowest BCUT2D eigenvalue weighted by molar-refractivity contribution is -0.154. The molecule has 20 heavy (non-hydrogen) atoms. The second-order valence-electron chi connectivity index (χ2n) is 6.17. The van der Waals surface area contributed by atoms with Gasteiger partial charge in [0.25, 0.3) is 0 Å². The van der Waals surface area contributed by atoms with Gasteiger partial charge in [0.05, 0.1) is 12.1 Å². The molecule has 1 aromatic rings. The molecule has 1 N–H and O–H groups in total. The Morgan fingerprint density at radius 3 is 2.60 bits per heavy atom. The molecular formula is C14H21N3O2S. The topological polar surface area (TPSA) is 62.3 Å². The molecule has 2 unspecified atom stereocenters. The van der Waals surface area contributed by atoms with Crippen molar-refractivity contribution >= 4 is 23.2 Å². The number of nitrogens with one attached hydrogen (secondary N) is 1. The second-order valence-corrected chi connectivity index (χ2v) is 7.14. The van der Waals surface area contributed by atoms with E-state index in [-0.39, 0.29) is 17.2 Å². The van der Waals surface area contributed by atoms with Crippen LogP contribution in [0.5, 0.6) is 0 Å². The van der Waals surface area contributed by atoms with E-state index in [1.54, 1.807) is 16.6 Å². The number of carbonyl (C=O) groups excluding carboxylic acids is 2. The first-order valence-electron chi connectivity index (χ1n) is 6.82. The van der Waals surface area contributed by atoms with Crippen LogP contribution in [0.3, 0.4) is 0 Å². The van der Waals surface area contributed by atoms with Crippen molar-refractivity contribution in [3.63, 3.8) is 0 Å². The van der Waals surface area contributed by atoms with Crippen molar-refractivity contribution in [1.82, 2.24) is 15.2 Å². The summed E-state index contributed by atoms with van der Waals surface area (Å²) < 4.78 is 0. The van der Waals surface area contributed by atoms with E-state index < -0.39 is 12.1 Å². The minimum Gasteiger partial charge on any atom is -0.342 e. The summed E-state index contributed by atoms with van der Waals surface area (Å²) in [4.78, 5) is 31.7. The van der Waals surface area contributed by atoms with Crippen LogP contribution in [-0.2, 0) is 16.1 Å². The Balaban J connectivity index is 2.32. The Morgan fingerprint density at radius 2 is 2.10 bits per heavy atom. The lowest BCUT2D eigenvalue weighted by Gasteiger charge is -2.44. The largest absolute Gasteiger partial charge is 0.342 e. The number of carbonyl (C=O) groups is 2. The van der Waals surface area contributed by atoms with Crippen molar-refractivity contribution in [1.29, 1.82) is 0 Å². The molecule has 1 fully saturated rings. The molecule has 2 amide bonds. The summed E-state index contributed by atoms with van der Waals surface area (Å²) in [6, 6.07) is -0.853. The number of rotatable bonds is 3. The SMILES string of the molecule is CCC1NC(=O)C(C(C)(C)C)N(Cc2cncs2)C1=O. The summed E-state index contributed by atoms with van der Waals surface area (Å²) in [5, 5.41) is 2.84. The molecule has 2 rings (SSSR count). The zero-order valence-corrected chi connectivity index (χ0v) is 13.2. The average Bonchev–Trinajstić information content (AvgIpc) is 2.84. The smallest absolute Gasteiger partial charge is 0.246 e. The van der Waals surface area contributed by atoms with Gasteiger partial charge in [-0.15, -0.1) is 11.3 Å². The quantitative estimate of drug-likeness (QED) is 0.925. The van der Waals surface area contributed by atoms with Crippen LogP contribution in [0.25, 0.3) is 0 Å². The Kier molecular flexibility index (Phi) is 4.13. The predicted octanol–water partition coefficient (Wildman–Crippen LogP) is 1.79. The molecule has 0 radical (unpaired) electrons. The van der Waals surface area contributed by atoms with Crippen molar-refractivity contribution < 1.29 is 9.59 Å². The van der Waals surface area contributed by atoms with Crippen molar-refractivity contribution in [2.45, 2.75) is 52.7 Å². The van der Waals surface area contributed by atoms with E-state index in [0.717, 1.165) is 4.88 Å². The van der Waals surface area contributed by atoms with Gasteiger partial charge in [-0.3, -0.25) is 14.6 Å². The third-order valence-corrected chi connectivity index (χ3v) is 4.26.